The number of carbonyl (C=O) groups is 3. The topological polar surface area (TPSA) is 94.5 Å². The van der Waals surface area contributed by atoms with Gasteiger partial charge >= 0.3 is 5.97 Å². The first kappa shape index (κ1) is 9.91. The lowest BCUT2D eigenvalue weighted by molar-refractivity contribution is -0.255. The van der Waals surface area contributed by atoms with E-state index in [4.69, 9.17) is 5.11 Å². The number of carboxylic acids is 2. The van der Waals surface area contributed by atoms with Crippen molar-refractivity contribution in [2.45, 2.75) is 0 Å². The van der Waals surface area contributed by atoms with Gasteiger partial charge in [-0.1, -0.05) is 24.3 Å². The maximum absolute atomic E-state index is 11.0. The van der Waals surface area contributed by atoms with Gasteiger partial charge in [-0.15, -0.1) is 0 Å². The van der Waals surface area contributed by atoms with Crippen molar-refractivity contribution in [3.05, 3.63) is 35.4 Å². The number of rotatable bonds is 3. The number of hydrogen-bond donors (Lipinski definition) is 1. The fraction of sp³-hybridized carbons (Fsp3) is 0. The molecule has 0 spiro atoms. The minimum Gasteiger partial charge on any atom is -0.545 e. The minimum atomic E-state index is -1.70. The average Bonchev–Trinajstić information content (AvgIpc) is 2.16. The van der Waals surface area contributed by atoms with Crippen LogP contribution in [0.1, 0.15) is 20.7 Å². The molecule has 5 nitrogen and oxygen atoms in total. The molecule has 0 aliphatic rings. The number of carboxylic acid groups (broad SMARTS) is 2. The highest BCUT2D eigenvalue weighted by Crippen LogP contribution is 2.08. The third-order valence-electron chi connectivity index (χ3n) is 1.59. The molecule has 0 aromatic heterocycles. The highest BCUT2D eigenvalue weighted by Gasteiger charge is 2.17. The molecule has 1 N–H and O–H groups in total. The predicted octanol–water partition coefficient (Wildman–Crippen LogP) is -0.683. The summed E-state index contributed by atoms with van der Waals surface area (Å²) in [5.74, 6) is -4.53. The summed E-state index contributed by atoms with van der Waals surface area (Å²) < 4.78 is 0. The molecule has 0 aliphatic carbocycles. The summed E-state index contributed by atoms with van der Waals surface area (Å²) in [7, 11) is 0. The molecule has 1 rings (SSSR count). The molecule has 0 amide bonds. The number of carbonyl (C=O) groups excluding carboxylic acids is 2. The van der Waals surface area contributed by atoms with Gasteiger partial charge in [0.15, 0.2) is 0 Å². The van der Waals surface area contributed by atoms with E-state index in [0.29, 0.717) is 0 Å². The Morgan fingerprint density at radius 3 is 2.00 bits per heavy atom. The van der Waals surface area contributed by atoms with Gasteiger partial charge < -0.3 is 15.0 Å². The maximum Gasteiger partial charge on any atom is 0.377 e. The Labute approximate surface area is 78.6 Å². The summed E-state index contributed by atoms with van der Waals surface area (Å²) in [5.41, 5.74) is -0.792. The fourth-order valence-electron chi connectivity index (χ4n) is 0.974. The van der Waals surface area contributed by atoms with Crippen LogP contribution in [0, 0.1) is 0 Å². The molecule has 0 unspecified atom stereocenters. The van der Waals surface area contributed by atoms with Crippen LogP contribution < -0.4 is 5.11 Å². The number of aliphatic carboxylic acids is 1. The van der Waals surface area contributed by atoms with Gasteiger partial charge in [0.05, 0.1) is 5.97 Å². The van der Waals surface area contributed by atoms with E-state index in [1.54, 1.807) is 0 Å². The van der Waals surface area contributed by atoms with Gasteiger partial charge in [-0.2, -0.15) is 0 Å². The normalized spacial score (nSPS) is 9.43. The van der Waals surface area contributed by atoms with Gasteiger partial charge in [0.25, 0.3) is 5.78 Å². The molecule has 0 fully saturated rings. The molecule has 0 aliphatic heterocycles. The van der Waals surface area contributed by atoms with Gasteiger partial charge in [-0.05, 0) is 0 Å². The van der Waals surface area contributed by atoms with Crippen molar-refractivity contribution in [3.8, 4) is 0 Å². The summed E-state index contributed by atoms with van der Waals surface area (Å²) >= 11 is 0. The zero-order chi connectivity index (χ0) is 10.7. The van der Waals surface area contributed by atoms with Crippen molar-refractivity contribution in [2.24, 2.45) is 0 Å². The first-order valence-corrected chi connectivity index (χ1v) is 3.62. The maximum atomic E-state index is 11.0. The van der Waals surface area contributed by atoms with Gasteiger partial charge in [0.2, 0.25) is 0 Å². The van der Waals surface area contributed by atoms with Gasteiger partial charge in [0.1, 0.15) is 0 Å². The number of aromatic carboxylic acids is 1. The van der Waals surface area contributed by atoms with Crippen LogP contribution in [0.15, 0.2) is 24.3 Å². The van der Waals surface area contributed by atoms with Crippen molar-refractivity contribution >= 4 is 17.7 Å². The largest absolute Gasteiger partial charge is 0.545 e. The second-order valence-corrected chi connectivity index (χ2v) is 2.47. The van der Waals surface area contributed by atoms with Crippen LogP contribution in [0.5, 0.6) is 0 Å². The van der Waals surface area contributed by atoms with Gasteiger partial charge in [-0.3, -0.25) is 4.79 Å². The smallest absolute Gasteiger partial charge is 0.377 e. The second-order valence-electron chi connectivity index (χ2n) is 2.47. The molecule has 0 bridgehead atoms. The lowest BCUT2D eigenvalue weighted by Crippen LogP contribution is -2.26. The summed E-state index contributed by atoms with van der Waals surface area (Å²) in [6, 6.07) is 5.00. The molecule has 5 heteroatoms. The summed E-state index contributed by atoms with van der Waals surface area (Å²) in [4.78, 5) is 31.8. The molecule has 14 heavy (non-hydrogen) atoms. The number of Topliss-reactive ketones (excluding diaryl/α,β-unsaturated/α-hetero) is 1. The molecule has 0 saturated heterocycles. The SMILES string of the molecule is O=C(O)C(=O)c1ccccc1C(=O)[O-]. The van der Waals surface area contributed by atoms with Crippen molar-refractivity contribution in [1.82, 2.24) is 0 Å². The standard InChI is InChI=1S/C9H6O5/c10-7(9(13)14)5-3-1-2-4-6(5)8(11)12/h1-4H,(H,11,12)(H,13,14)/p-1. The Hall–Kier alpha value is -2.17. The number of benzene rings is 1. The highest BCUT2D eigenvalue weighted by molar-refractivity contribution is 6.41. The molecule has 0 radical (unpaired) electrons. The third kappa shape index (κ3) is 1.77. The Bertz CT molecular complexity index is 407. The zero-order valence-corrected chi connectivity index (χ0v) is 6.89. The molecular formula is C9H5O5-. The monoisotopic (exact) mass is 193 g/mol. The Balaban J connectivity index is 3.27. The van der Waals surface area contributed by atoms with Crippen LogP contribution in [-0.2, 0) is 4.79 Å². The number of hydrogen-bond acceptors (Lipinski definition) is 4. The zero-order valence-electron chi connectivity index (χ0n) is 6.89. The molecule has 72 valence electrons. The van der Waals surface area contributed by atoms with Crippen LogP contribution in [0.25, 0.3) is 0 Å². The second kappa shape index (κ2) is 3.69. The number of ketones is 1. The van der Waals surface area contributed by atoms with Crippen LogP contribution >= 0.6 is 0 Å². The molecule has 0 saturated carbocycles. The Kier molecular flexibility index (Phi) is 2.62. The van der Waals surface area contributed by atoms with Crippen molar-refractivity contribution in [3.63, 3.8) is 0 Å². The quantitative estimate of drug-likeness (QED) is 0.506. The molecule has 1 aromatic carbocycles. The highest BCUT2D eigenvalue weighted by atomic mass is 16.4. The molecular weight excluding hydrogens is 188 g/mol. The van der Waals surface area contributed by atoms with E-state index in [1.807, 2.05) is 0 Å². The van der Waals surface area contributed by atoms with Gasteiger partial charge in [0, 0.05) is 11.1 Å². The van der Waals surface area contributed by atoms with Crippen molar-refractivity contribution in [1.29, 1.82) is 0 Å². The Morgan fingerprint density at radius 1 is 1.07 bits per heavy atom. The lowest BCUT2D eigenvalue weighted by Gasteiger charge is -2.06. The van der Waals surface area contributed by atoms with Gasteiger partial charge in [-0.25, -0.2) is 4.79 Å². The minimum absolute atomic E-state index is 0.375. The summed E-state index contributed by atoms with van der Waals surface area (Å²) in [5, 5.41) is 18.9. The van der Waals surface area contributed by atoms with E-state index < -0.39 is 23.3 Å². The lowest BCUT2D eigenvalue weighted by atomic mass is 10.0. The predicted molar refractivity (Wildman–Crippen MR) is 42.7 cm³/mol. The van der Waals surface area contributed by atoms with Crippen molar-refractivity contribution < 1.29 is 24.6 Å². The molecule has 0 heterocycles. The van der Waals surface area contributed by atoms with Crippen LogP contribution in [0.3, 0.4) is 0 Å². The summed E-state index contributed by atoms with van der Waals surface area (Å²) in [6.45, 7) is 0. The van der Waals surface area contributed by atoms with Crippen molar-refractivity contribution in [2.75, 3.05) is 0 Å². The van der Waals surface area contributed by atoms with E-state index >= 15 is 0 Å². The van der Waals surface area contributed by atoms with E-state index in [2.05, 4.69) is 0 Å². The molecule has 0 atom stereocenters. The van der Waals surface area contributed by atoms with E-state index in [-0.39, 0.29) is 5.56 Å². The summed E-state index contributed by atoms with van der Waals surface area (Å²) in [6.07, 6.45) is 0. The van der Waals surface area contributed by atoms with Crippen LogP contribution in [0.2, 0.25) is 0 Å². The fourth-order valence-corrected chi connectivity index (χ4v) is 0.974. The first-order chi connectivity index (χ1) is 6.54. The van der Waals surface area contributed by atoms with Crippen LogP contribution in [0.4, 0.5) is 0 Å². The van der Waals surface area contributed by atoms with E-state index in [9.17, 15) is 19.5 Å². The van der Waals surface area contributed by atoms with E-state index in [0.717, 1.165) is 12.1 Å². The van der Waals surface area contributed by atoms with E-state index in [1.165, 1.54) is 12.1 Å². The van der Waals surface area contributed by atoms with Crippen LogP contribution in [-0.4, -0.2) is 22.8 Å². The average molecular weight is 193 g/mol. The first-order valence-electron chi connectivity index (χ1n) is 3.62. The molecule has 1 aromatic rings. The third-order valence-corrected chi connectivity index (χ3v) is 1.59. The Morgan fingerprint density at radius 2 is 1.57 bits per heavy atom.